The molecule has 4 rings (SSSR count). The molecule has 0 radical (unpaired) electrons. The third-order valence-corrected chi connectivity index (χ3v) is 4.71. The van der Waals surface area contributed by atoms with Gasteiger partial charge < -0.3 is 15.3 Å². The summed E-state index contributed by atoms with van der Waals surface area (Å²) in [6.07, 6.45) is 7.53. The fourth-order valence-electron chi connectivity index (χ4n) is 3.36. The van der Waals surface area contributed by atoms with Crippen LogP contribution in [0.15, 0.2) is 36.8 Å². The molecular formula is C17H21BN6O. The topological polar surface area (TPSA) is 78.6 Å². The van der Waals surface area contributed by atoms with E-state index in [-0.39, 0.29) is 12.6 Å². The summed E-state index contributed by atoms with van der Waals surface area (Å²) >= 11 is 0. The summed E-state index contributed by atoms with van der Waals surface area (Å²) in [7, 11) is 2.01. The minimum atomic E-state index is 0.143. The van der Waals surface area contributed by atoms with Crippen molar-refractivity contribution < 1.29 is 5.11 Å². The minimum absolute atomic E-state index is 0.143. The maximum atomic E-state index is 9.64. The summed E-state index contributed by atoms with van der Waals surface area (Å²) in [5, 5.41) is 17.5. The average molecular weight is 336 g/mol. The molecule has 4 heterocycles. The van der Waals surface area contributed by atoms with Crippen molar-refractivity contribution in [3.05, 3.63) is 42.4 Å². The van der Waals surface area contributed by atoms with Crippen molar-refractivity contribution in [1.82, 2.24) is 19.6 Å². The van der Waals surface area contributed by atoms with Crippen LogP contribution >= 0.6 is 0 Å². The molecule has 1 atom stereocenters. The highest BCUT2D eigenvalue weighted by molar-refractivity contribution is 6.36. The van der Waals surface area contributed by atoms with Gasteiger partial charge in [-0.3, -0.25) is 4.98 Å². The first-order valence-corrected chi connectivity index (χ1v) is 8.62. The zero-order chi connectivity index (χ0) is 17.2. The van der Waals surface area contributed by atoms with Gasteiger partial charge in [0.05, 0.1) is 12.6 Å². The Morgan fingerprint density at radius 2 is 2.28 bits per heavy atom. The normalized spacial score (nSPS) is 17.3. The average Bonchev–Trinajstić information content (AvgIpc) is 3.27. The molecule has 7 nitrogen and oxygen atoms in total. The van der Waals surface area contributed by atoms with Gasteiger partial charge in [-0.2, -0.15) is 9.61 Å². The highest BCUT2D eigenvalue weighted by atomic mass is 16.3. The van der Waals surface area contributed by atoms with Crippen molar-refractivity contribution in [2.75, 3.05) is 23.4 Å². The molecule has 0 bridgehead atoms. The molecule has 3 aromatic heterocycles. The number of hydrogen-bond acceptors (Lipinski definition) is 6. The zero-order valence-electron chi connectivity index (χ0n) is 14.3. The van der Waals surface area contributed by atoms with Crippen molar-refractivity contribution in [2.45, 2.75) is 25.4 Å². The van der Waals surface area contributed by atoms with Crippen LogP contribution in [0.3, 0.4) is 0 Å². The maximum absolute atomic E-state index is 9.64. The lowest BCUT2D eigenvalue weighted by atomic mass is 10.0. The number of nitrogens with one attached hydrogen (secondary N) is 1. The summed E-state index contributed by atoms with van der Waals surface area (Å²) in [5.41, 5.74) is 2.98. The number of anilines is 2. The van der Waals surface area contributed by atoms with Gasteiger partial charge in [0, 0.05) is 37.7 Å². The van der Waals surface area contributed by atoms with E-state index in [9.17, 15) is 5.11 Å². The molecular weight excluding hydrogens is 315 g/mol. The summed E-state index contributed by atoms with van der Waals surface area (Å²) in [6.45, 7) is 1.74. The lowest BCUT2D eigenvalue weighted by Crippen LogP contribution is -2.33. The maximum Gasteiger partial charge on any atom is 0.153 e. The molecule has 0 unspecified atom stereocenters. The Hall–Kier alpha value is -2.61. The van der Waals surface area contributed by atoms with E-state index in [1.807, 2.05) is 43.0 Å². The van der Waals surface area contributed by atoms with Gasteiger partial charge in [-0.1, -0.05) is 6.07 Å². The quantitative estimate of drug-likeness (QED) is 0.637. The first-order valence-electron chi connectivity index (χ1n) is 8.62. The first-order chi connectivity index (χ1) is 12.3. The first kappa shape index (κ1) is 15.9. The smallest absolute Gasteiger partial charge is 0.153 e. The summed E-state index contributed by atoms with van der Waals surface area (Å²) in [5.74, 6) is 1.78. The SMILES string of the molecule is Bc1cnn2c(NCc3cccnc3)cc(N3CCC[C@@H]3CO)nc12. The van der Waals surface area contributed by atoms with Crippen molar-refractivity contribution in [2.24, 2.45) is 0 Å². The van der Waals surface area contributed by atoms with E-state index < -0.39 is 0 Å². The number of fused-ring (bicyclic) bond motifs is 1. The van der Waals surface area contributed by atoms with Crippen molar-refractivity contribution in [3.63, 3.8) is 0 Å². The van der Waals surface area contributed by atoms with E-state index in [1.165, 1.54) is 0 Å². The van der Waals surface area contributed by atoms with Gasteiger partial charge in [-0.15, -0.1) is 0 Å². The molecule has 8 heteroatoms. The van der Waals surface area contributed by atoms with Crippen LogP contribution in [0.4, 0.5) is 11.6 Å². The number of aromatic nitrogens is 4. The van der Waals surface area contributed by atoms with Crippen LogP contribution < -0.4 is 15.7 Å². The Kier molecular flexibility index (Phi) is 4.27. The van der Waals surface area contributed by atoms with E-state index in [4.69, 9.17) is 4.98 Å². The molecule has 0 saturated carbocycles. The Morgan fingerprint density at radius 3 is 3.08 bits per heavy atom. The van der Waals surface area contributed by atoms with Crippen molar-refractivity contribution in [3.8, 4) is 0 Å². The Balaban J connectivity index is 1.69. The lowest BCUT2D eigenvalue weighted by molar-refractivity contribution is 0.266. The number of hydrogen-bond donors (Lipinski definition) is 2. The second kappa shape index (κ2) is 6.72. The van der Waals surface area contributed by atoms with Gasteiger partial charge in [-0.25, -0.2) is 4.98 Å². The zero-order valence-corrected chi connectivity index (χ0v) is 14.3. The highest BCUT2D eigenvalue weighted by Crippen LogP contribution is 2.26. The number of aliphatic hydroxyl groups excluding tert-OH is 1. The second-order valence-electron chi connectivity index (χ2n) is 6.45. The van der Waals surface area contributed by atoms with Crippen LogP contribution in [0.25, 0.3) is 5.65 Å². The van der Waals surface area contributed by atoms with Gasteiger partial charge in [0.1, 0.15) is 19.5 Å². The Morgan fingerprint density at radius 1 is 1.36 bits per heavy atom. The van der Waals surface area contributed by atoms with E-state index in [0.717, 1.165) is 47.7 Å². The molecule has 2 N–H and O–H groups in total. The van der Waals surface area contributed by atoms with Gasteiger partial charge in [0.15, 0.2) is 5.65 Å². The van der Waals surface area contributed by atoms with E-state index >= 15 is 0 Å². The van der Waals surface area contributed by atoms with Crippen LogP contribution in [0.5, 0.6) is 0 Å². The van der Waals surface area contributed by atoms with Gasteiger partial charge in [0.2, 0.25) is 0 Å². The molecule has 0 amide bonds. The fraction of sp³-hybridized carbons (Fsp3) is 0.353. The third kappa shape index (κ3) is 3.05. The van der Waals surface area contributed by atoms with Crippen LogP contribution in [0.1, 0.15) is 18.4 Å². The van der Waals surface area contributed by atoms with E-state index in [0.29, 0.717) is 6.54 Å². The van der Waals surface area contributed by atoms with Gasteiger partial charge in [0.25, 0.3) is 0 Å². The molecule has 1 fully saturated rings. The van der Waals surface area contributed by atoms with Crippen molar-refractivity contribution in [1.29, 1.82) is 0 Å². The Bertz CT molecular complexity index is 868. The lowest BCUT2D eigenvalue weighted by Gasteiger charge is -2.25. The Labute approximate surface area is 147 Å². The molecule has 128 valence electrons. The monoisotopic (exact) mass is 336 g/mol. The molecule has 0 aliphatic carbocycles. The summed E-state index contributed by atoms with van der Waals surface area (Å²) in [6, 6.07) is 6.13. The minimum Gasteiger partial charge on any atom is -0.394 e. The molecule has 1 aliphatic rings. The molecule has 1 aliphatic heterocycles. The van der Waals surface area contributed by atoms with Crippen LogP contribution in [-0.4, -0.2) is 51.7 Å². The molecule has 3 aromatic rings. The predicted octanol–water partition coefficient (Wildman–Crippen LogP) is -0.0441. The number of aliphatic hydroxyl groups is 1. The molecule has 1 saturated heterocycles. The van der Waals surface area contributed by atoms with E-state index in [1.54, 1.807) is 6.20 Å². The van der Waals surface area contributed by atoms with Gasteiger partial charge >= 0.3 is 0 Å². The van der Waals surface area contributed by atoms with Crippen LogP contribution in [0, 0.1) is 0 Å². The summed E-state index contributed by atoms with van der Waals surface area (Å²) < 4.78 is 1.83. The molecule has 25 heavy (non-hydrogen) atoms. The van der Waals surface area contributed by atoms with Crippen LogP contribution in [-0.2, 0) is 6.54 Å². The fourth-order valence-corrected chi connectivity index (χ4v) is 3.36. The largest absolute Gasteiger partial charge is 0.394 e. The predicted molar refractivity (Wildman–Crippen MR) is 100 cm³/mol. The second-order valence-corrected chi connectivity index (χ2v) is 6.45. The number of nitrogens with zero attached hydrogens (tertiary/aromatic N) is 5. The highest BCUT2D eigenvalue weighted by Gasteiger charge is 2.26. The molecule has 0 spiro atoms. The molecule has 0 aromatic carbocycles. The van der Waals surface area contributed by atoms with Gasteiger partial charge in [-0.05, 0) is 29.9 Å². The summed E-state index contributed by atoms with van der Waals surface area (Å²) in [4.78, 5) is 11.1. The van der Waals surface area contributed by atoms with E-state index in [2.05, 4.69) is 20.3 Å². The van der Waals surface area contributed by atoms with Crippen molar-refractivity contribution >= 4 is 30.6 Å². The van der Waals surface area contributed by atoms with Crippen LogP contribution in [0.2, 0.25) is 0 Å². The standard InChI is InChI=1S/C17H21BN6O/c18-14-10-21-24-15(20-9-12-3-1-5-19-8-12)7-16(22-17(14)24)23-6-2-4-13(23)11-25/h1,3,5,7-8,10,13,20,25H,2,4,6,9,11,18H2/t13-/m1/s1. The number of pyridine rings is 1. The third-order valence-electron chi connectivity index (χ3n) is 4.71. The number of rotatable bonds is 5.